The van der Waals surface area contributed by atoms with Crippen molar-refractivity contribution in [3.05, 3.63) is 60.0 Å². The van der Waals surface area contributed by atoms with Crippen LogP contribution >= 0.6 is 0 Å². The molecule has 3 aromatic rings. The van der Waals surface area contributed by atoms with Crippen LogP contribution in [0.5, 0.6) is 0 Å². The molecule has 108 valence electrons. The van der Waals surface area contributed by atoms with Gasteiger partial charge in [0.15, 0.2) is 11.5 Å². The molecule has 7 heteroatoms. The first-order valence-electron chi connectivity index (χ1n) is 6.23. The molecule has 1 N–H and O–H groups in total. The van der Waals surface area contributed by atoms with Gasteiger partial charge in [-0.2, -0.15) is 18.3 Å². The molecule has 0 amide bonds. The SMILES string of the molecule is FC(F)(F)c1cc2c(NCc3ccccc3)nccn2n1. The Hall–Kier alpha value is -2.57. The molecule has 2 aromatic heterocycles. The fraction of sp³-hybridized carbons (Fsp3) is 0.143. The number of nitrogens with zero attached hydrogens (tertiary/aromatic N) is 3. The summed E-state index contributed by atoms with van der Waals surface area (Å²) in [6.07, 6.45) is -1.67. The molecule has 4 nitrogen and oxygen atoms in total. The number of hydrogen-bond donors (Lipinski definition) is 1. The Morgan fingerprint density at radius 2 is 1.90 bits per heavy atom. The van der Waals surface area contributed by atoms with Crippen molar-refractivity contribution in [3.63, 3.8) is 0 Å². The van der Waals surface area contributed by atoms with E-state index in [1.54, 1.807) is 0 Å². The lowest BCUT2D eigenvalue weighted by Gasteiger charge is -2.06. The van der Waals surface area contributed by atoms with Crippen LogP contribution in [-0.4, -0.2) is 14.6 Å². The molecule has 0 radical (unpaired) electrons. The second-order valence-electron chi connectivity index (χ2n) is 4.47. The summed E-state index contributed by atoms with van der Waals surface area (Å²) in [5, 5.41) is 6.54. The Balaban J connectivity index is 1.90. The summed E-state index contributed by atoms with van der Waals surface area (Å²) in [5.74, 6) is 0.365. The lowest BCUT2D eigenvalue weighted by Crippen LogP contribution is -2.05. The van der Waals surface area contributed by atoms with Gasteiger partial charge in [0.2, 0.25) is 0 Å². The molecule has 0 unspecified atom stereocenters. The van der Waals surface area contributed by atoms with Gasteiger partial charge in [-0.25, -0.2) is 9.50 Å². The highest BCUT2D eigenvalue weighted by Crippen LogP contribution is 2.30. The maximum Gasteiger partial charge on any atom is 0.435 e. The predicted octanol–water partition coefficient (Wildman–Crippen LogP) is 3.36. The van der Waals surface area contributed by atoms with Crippen molar-refractivity contribution in [3.8, 4) is 0 Å². The molecule has 2 heterocycles. The molecule has 0 aliphatic rings. The van der Waals surface area contributed by atoms with Crippen molar-refractivity contribution in [1.29, 1.82) is 0 Å². The standard InChI is InChI=1S/C14H11F3N4/c15-14(16,17)12-8-11-13(18-6-7-21(11)20-12)19-9-10-4-2-1-3-5-10/h1-8H,9H2,(H,18,19). The van der Waals surface area contributed by atoms with Crippen LogP contribution in [0.25, 0.3) is 5.52 Å². The molecule has 0 atom stereocenters. The largest absolute Gasteiger partial charge is 0.435 e. The van der Waals surface area contributed by atoms with E-state index < -0.39 is 11.9 Å². The van der Waals surface area contributed by atoms with E-state index >= 15 is 0 Å². The quantitative estimate of drug-likeness (QED) is 0.805. The van der Waals surface area contributed by atoms with Gasteiger partial charge in [0, 0.05) is 25.0 Å². The number of hydrogen-bond acceptors (Lipinski definition) is 3. The van der Waals surface area contributed by atoms with Gasteiger partial charge in [-0.15, -0.1) is 0 Å². The summed E-state index contributed by atoms with van der Waals surface area (Å²) >= 11 is 0. The second-order valence-corrected chi connectivity index (χ2v) is 4.47. The highest BCUT2D eigenvalue weighted by atomic mass is 19.4. The smallest absolute Gasteiger partial charge is 0.364 e. The predicted molar refractivity (Wildman–Crippen MR) is 71.8 cm³/mol. The third-order valence-electron chi connectivity index (χ3n) is 2.98. The lowest BCUT2D eigenvalue weighted by molar-refractivity contribution is -0.141. The topological polar surface area (TPSA) is 42.2 Å². The number of benzene rings is 1. The normalized spacial score (nSPS) is 11.8. The summed E-state index contributed by atoms with van der Waals surface area (Å²) in [6.45, 7) is 0.472. The van der Waals surface area contributed by atoms with Crippen LogP contribution in [0.15, 0.2) is 48.8 Å². The number of nitrogens with one attached hydrogen (secondary N) is 1. The third-order valence-corrected chi connectivity index (χ3v) is 2.98. The second kappa shape index (κ2) is 5.08. The van der Waals surface area contributed by atoms with Gasteiger partial charge < -0.3 is 5.32 Å². The Bertz CT molecular complexity index is 750. The van der Waals surface area contributed by atoms with Crippen LogP contribution in [0.2, 0.25) is 0 Å². The minimum atomic E-state index is -4.47. The number of halogens is 3. The average Bonchev–Trinajstić information content (AvgIpc) is 2.91. The first-order chi connectivity index (χ1) is 10.0. The maximum absolute atomic E-state index is 12.7. The zero-order chi connectivity index (χ0) is 14.9. The minimum absolute atomic E-state index is 0.292. The van der Waals surface area contributed by atoms with E-state index in [0.717, 1.165) is 11.6 Å². The Morgan fingerprint density at radius 3 is 2.62 bits per heavy atom. The number of alkyl halides is 3. The Labute approximate surface area is 118 Å². The van der Waals surface area contributed by atoms with Gasteiger partial charge in [-0.05, 0) is 5.56 Å². The minimum Gasteiger partial charge on any atom is -0.364 e. The zero-order valence-electron chi connectivity index (χ0n) is 10.8. The molecule has 3 rings (SSSR count). The van der Waals surface area contributed by atoms with E-state index in [4.69, 9.17) is 0 Å². The third kappa shape index (κ3) is 2.81. The summed E-state index contributed by atoms with van der Waals surface area (Å²) < 4.78 is 39.2. The number of anilines is 1. The molecule has 0 aliphatic carbocycles. The molecule has 0 spiro atoms. The fourth-order valence-electron chi connectivity index (χ4n) is 1.98. The molecule has 0 saturated carbocycles. The van der Waals surface area contributed by atoms with Crippen molar-refractivity contribution in [2.24, 2.45) is 0 Å². The van der Waals surface area contributed by atoms with Gasteiger partial charge in [-0.3, -0.25) is 0 Å². The van der Waals surface area contributed by atoms with Crippen molar-refractivity contribution in [2.45, 2.75) is 12.7 Å². The van der Waals surface area contributed by atoms with E-state index in [9.17, 15) is 13.2 Å². The van der Waals surface area contributed by atoms with Gasteiger partial charge >= 0.3 is 6.18 Å². The van der Waals surface area contributed by atoms with Gasteiger partial charge in [0.1, 0.15) is 5.52 Å². The Kier molecular flexibility index (Phi) is 3.25. The lowest BCUT2D eigenvalue weighted by atomic mass is 10.2. The maximum atomic E-state index is 12.7. The molecule has 21 heavy (non-hydrogen) atoms. The summed E-state index contributed by atoms with van der Waals surface area (Å²) in [4.78, 5) is 4.08. The average molecular weight is 292 g/mol. The highest BCUT2D eigenvalue weighted by molar-refractivity contribution is 5.68. The molecular weight excluding hydrogens is 281 g/mol. The summed E-state index contributed by atoms with van der Waals surface area (Å²) in [7, 11) is 0. The van der Waals surface area contributed by atoms with E-state index in [0.29, 0.717) is 17.9 Å². The van der Waals surface area contributed by atoms with E-state index in [1.807, 2.05) is 30.3 Å². The van der Waals surface area contributed by atoms with Crippen LogP contribution in [0.4, 0.5) is 19.0 Å². The summed E-state index contributed by atoms with van der Waals surface area (Å²) in [5.41, 5.74) is 0.371. The number of fused-ring (bicyclic) bond motifs is 1. The van der Waals surface area contributed by atoms with Crippen LogP contribution in [0.3, 0.4) is 0 Å². The van der Waals surface area contributed by atoms with Crippen molar-refractivity contribution < 1.29 is 13.2 Å². The molecule has 0 fully saturated rings. The highest BCUT2D eigenvalue weighted by Gasteiger charge is 2.34. The van der Waals surface area contributed by atoms with Crippen molar-refractivity contribution >= 4 is 11.3 Å². The van der Waals surface area contributed by atoms with Crippen LogP contribution in [0.1, 0.15) is 11.3 Å². The van der Waals surface area contributed by atoms with Crippen LogP contribution in [-0.2, 0) is 12.7 Å². The first kappa shape index (κ1) is 13.4. The Morgan fingerprint density at radius 1 is 1.14 bits per heavy atom. The monoisotopic (exact) mass is 292 g/mol. The molecule has 0 aliphatic heterocycles. The van der Waals surface area contributed by atoms with E-state index in [-0.39, 0.29) is 0 Å². The van der Waals surface area contributed by atoms with Crippen molar-refractivity contribution in [2.75, 3.05) is 5.32 Å². The summed E-state index contributed by atoms with van der Waals surface area (Å²) in [6, 6.07) is 10.5. The number of rotatable bonds is 3. The van der Waals surface area contributed by atoms with Gasteiger partial charge in [0.25, 0.3) is 0 Å². The number of aromatic nitrogens is 3. The van der Waals surface area contributed by atoms with E-state index in [1.165, 1.54) is 16.9 Å². The van der Waals surface area contributed by atoms with Crippen LogP contribution < -0.4 is 5.32 Å². The molecule has 1 aromatic carbocycles. The molecular formula is C14H11F3N4. The van der Waals surface area contributed by atoms with Crippen LogP contribution in [0, 0.1) is 0 Å². The first-order valence-corrected chi connectivity index (χ1v) is 6.23. The van der Waals surface area contributed by atoms with Crippen molar-refractivity contribution in [1.82, 2.24) is 14.6 Å². The molecule has 0 bridgehead atoms. The fourth-order valence-corrected chi connectivity index (χ4v) is 1.98. The van der Waals surface area contributed by atoms with Gasteiger partial charge in [0.05, 0.1) is 0 Å². The molecule has 0 saturated heterocycles. The van der Waals surface area contributed by atoms with Gasteiger partial charge in [-0.1, -0.05) is 30.3 Å². The zero-order valence-corrected chi connectivity index (χ0v) is 10.8. The van der Waals surface area contributed by atoms with E-state index in [2.05, 4.69) is 15.4 Å².